The monoisotopic (exact) mass is 526 g/mol. The minimum Gasteiger partial charge on any atom is -0.456 e. The van der Waals surface area contributed by atoms with E-state index in [9.17, 15) is 0 Å². The predicted octanol–water partition coefficient (Wildman–Crippen LogP) is 8.99. The molecule has 3 aromatic heterocycles. The van der Waals surface area contributed by atoms with E-state index in [0.717, 1.165) is 55.0 Å². The van der Waals surface area contributed by atoms with Crippen LogP contribution in [-0.2, 0) is 0 Å². The Balaban J connectivity index is 1.34. The highest BCUT2D eigenvalue weighted by Gasteiger charge is 2.18. The van der Waals surface area contributed by atoms with Gasteiger partial charge in [-0.3, -0.25) is 4.98 Å². The second kappa shape index (κ2) is 9.50. The topological polar surface area (TPSA) is 64.7 Å². The van der Waals surface area contributed by atoms with Crippen LogP contribution in [0.25, 0.3) is 78.1 Å². The van der Waals surface area contributed by atoms with Crippen LogP contribution in [0.4, 0.5) is 0 Å². The molecule has 3 heterocycles. The van der Waals surface area contributed by atoms with Crippen LogP contribution < -0.4 is 0 Å². The Hall–Kier alpha value is -5.68. The fraction of sp³-hybridized carbons (Fsp3) is 0. The zero-order chi connectivity index (χ0) is 27.2. The number of aromatic nitrogens is 4. The van der Waals surface area contributed by atoms with Gasteiger partial charge in [0.25, 0.3) is 0 Å². The summed E-state index contributed by atoms with van der Waals surface area (Å²) in [7, 11) is 0. The van der Waals surface area contributed by atoms with Gasteiger partial charge in [-0.15, -0.1) is 0 Å². The van der Waals surface area contributed by atoms with Crippen molar-refractivity contribution in [2.24, 2.45) is 0 Å². The molecule has 0 aliphatic heterocycles. The van der Waals surface area contributed by atoms with Crippen molar-refractivity contribution in [2.45, 2.75) is 0 Å². The summed E-state index contributed by atoms with van der Waals surface area (Å²) in [5.41, 5.74) is 6.41. The van der Waals surface area contributed by atoms with Crippen LogP contribution in [0.3, 0.4) is 0 Å². The molecule has 8 aromatic rings. The molecule has 0 spiro atoms. The Morgan fingerprint density at radius 2 is 1.12 bits per heavy atom. The van der Waals surface area contributed by atoms with Gasteiger partial charge >= 0.3 is 0 Å². The average Bonchev–Trinajstić information content (AvgIpc) is 3.44. The summed E-state index contributed by atoms with van der Waals surface area (Å²) in [5, 5.41) is 4.16. The molecule has 0 amide bonds. The predicted molar refractivity (Wildman–Crippen MR) is 164 cm³/mol. The summed E-state index contributed by atoms with van der Waals surface area (Å²) < 4.78 is 6.16. The molecule has 0 saturated heterocycles. The average molecular weight is 527 g/mol. The van der Waals surface area contributed by atoms with E-state index in [1.807, 2.05) is 79.0 Å². The highest BCUT2D eigenvalue weighted by molar-refractivity contribution is 6.11. The molecule has 5 nitrogen and oxygen atoms in total. The second-order valence-corrected chi connectivity index (χ2v) is 9.94. The van der Waals surface area contributed by atoms with Crippen molar-refractivity contribution < 1.29 is 4.42 Å². The summed E-state index contributed by atoms with van der Waals surface area (Å²) in [6.45, 7) is 0. The Bertz CT molecular complexity index is 2200. The van der Waals surface area contributed by atoms with Crippen molar-refractivity contribution in [2.75, 3.05) is 0 Å². The quantitative estimate of drug-likeness (QED) is 0.229. The number of pyridine rings is 1. The van der Waals surface area contributed by atoms with Gasteiger partial charge in [-0.2, -0.15) is 0 Å². The van der Waals surface area contributed by atoms with E-state index in [-0.39, 0.29) is 0 Å². The van der Waals surface area contributed by atoms with Crippen molar-refractivity contribution in [1.82, 2.24) is 19.9 Å². The third-order valence-corrected chi connectivity index (χ3v) is 7.39. The van der Waals surface area contributed by atoms with Crippen LogP contribution in [0.15, 0.2) is 138 Å². The summed E-state index contributed by atoms with van der Waals surface area (Å²) in [6, 6.07) is 42.9. The number of furan rings is 1. The SMILES string of the molecule is c1ccc(-c2ccc(-c3nc(-c4cc5ccccc5cn4)nc(-c4cccc5oc6ccccc6c45)n3)cc2)cc1. The molecule has 0 atom stereocenters. The van der Waals surface area contributed by atoms with Crippen LogP contribution in [0.1, 0.15) is 0 Å². The maximum atomic E-state index is 6.16. The maximum Gasteiger partial charge on any atom is 0.182 e. The molecular formula is C36H22N4O. The van der Waals surface area contributed by atoms with Crippen molar-refractivity contribution in [1.29, 1.82) is 0 Å². The summed E-state index contributed by atoms with van der Waals surface area (Å²) in [4.78, 5) is 19.7. The number of fused-ring (bicyclic) bond motifs is 4. The van der Waals surface area contributed by atoms with E-state index in [1.165, 1.54) is 0 Å². The smallest absolute Gasteiger partial charge is 0.182 e. The number of hydrogen-bond acceptors (Lipinski definition) is 5. The first-order valence-corrected chi connectivity index (χ1v) is 13.5. The number of para-hydroxylation sites is 1. The standard InChI is InChI=1S/C36H22N4O/c1-2-9-23(10-3-1)24-17-19-25(20-18-24)34-38-35(29-14-8-16-32-33(29)28-13-6-7-15-31(28)41-32)40-36(39-34)30-21-26-11-4-5-12-27(26)22-37-30/h1-22H. The number of nitrogens with zero attached hydrogens (tertiary/aromatic N) is 4. The van der Waals surface area contributed by atoms with E-state index in [2.05, 4.69) is 54.6 Å². The van der Waals surface area contributed by atoms with Crippen molar-refractivity contribution in [3.63, 3.8) is 0 Å². The fourth-order valence-corrected chi connectivity index (χ4v) is 5.35. The molecule has 0 unspecified atom stereocenters. The molecule has 0 aliphatic carbocycles. The number of hydrogen-bond donors (Lipinski definition) is 0. The van der Waals surface area contributed by atoms with Crippen LogP contribution in [0.5, 0.6) is 0 Å². The molecule has 0 saturated carbocycles. The van der Waals surface area contributed by atoms with Gasteiger partial charge in [-0.25, -0.2) is 15.0 Å². The lowest BCUT2D eigenvalue weighted by atomic mass is 10.0. The molecule has 41 heavy (non-hydrogen) atoms. The Labute approximate surface area is 235 Å². The lowest BCUT2D eigenvalue weighted by Gasteiger charge is -2.10. The lowest BCUT2D eigenvalue weighted by Crippen LogP contribution is -2.01. The van der Waals surface area contributed by atoms with Crippen molar-refractivity contribution in [3.8, 4) is 45.4 Å². The van der Waals surface area contributed by atoms with E-state index in [4.69, 9.17) is 24.4 Å². The van der Waals surface area contributed by atoms with E-state index >= 15 is 0 Å². The molecule has 192 valence electrons. The van der Waals surface area contributed by atoms with E-state index < -0.39 is 0 Å². The van der Waals surface area contributed by atoms with Crippen LogP contribution in [-0.4, -0.2) is 19.9 Å². The minimum atomic E-state index is 0.521. The van der Waals surface area contributed by atoms with Gasteiger partial charge in [-0.05, 0) is 34.7 Å². The molecular weight excluding hydrogens is 504 g/mol. The fourth-order valence-electron chi connectivity index (χ4n) is 5.35. The lowest BCUT2D eigenvalue weighted by molar-refractivity contribution is 0.669. The molecule has 0 radical (unpaired) electrons. The maximum absolute atomic E-state index is 6.16. The Kier molecular flexibility index (Phi) is 5.38. The Morgan fingerprint density at radius 1 is 0.463 bits per heavy atom. The molecule has 0 fully saturated rings. The normalized spacial score (nSPS) is 11.4. The Morgan fingerprint density at radius 3 is 2.00 bits per heavy atom. The first-order valence-electron chi connectivity index (χ1n) is 13.5. The molecule has 5 aromatic carbocycles. The van der Waals surface area contributed by atoms with Gasteiger partial charge in [0, 0.05) is 33.5 Å². The van der Waals surface area contributed by atoms with Gasteiger partial charge in [-0.1, -0.05) is 109 Å². The van der Waals surface area contributed by atoms with Crippen molar-refractivity contribution in [3.05, 3.63) is 134 Å². The van der Waals surface area contributed by atoms with E-state index in [1.54, 1.807) is 0 Å². The second-order valence-electron chi connectivity index (χ2n) is 9.94. The highest BCUT2D eigenvalue weighted by atomic mass is 16.3. The van der Waals surface area contributed by atoms with Crippen LogP contribution >= 0.6 is 0 Å². The van der Waals surface area contributed by atoms with Gasteiger partial charge in [0.15, 0.2) is 17.5 Å². The largest absolute Gasteiger partial charge is 0.456 e. The van der Waals surface area contributed by atoms with Crippen LogP contribution in [0.2, 0.25) is 0 Å². The van der Waals surface area contributed by atoms with Crippen molar-refractivity contribution >= 4 is 32.7 Å². The zero-order valence-corrected chi connectivity index (χ0v) is 21.9. The van der Waals surface area contributed by atoms with Gasteiger partial charge in [0.2, 0.25) is 0 Å². The summed E-state index contributed by atoms with van der Waals surface area (Å²) in [6.07, 6.45) is 1.87. The highest BCUT2D eigenvalue weighted by Crippen LogP contribution is 2.36. The first kappa shape index (κ1) is 23.2. The third kappa shape index (κ3) is 4.12. The summed E-state index contributed by atoms with van der Waals surface area (Å²) >= 11 is 0. The number of rotatable bonds is 4. The molecule has 0 bridgehead atoms. The third-order valence-electron chi connectivity index (χ3n) is 7.39. The molecule has 8 rings (SSSR count). The van der Waals surface area contributed by atoms with Gasteiger partial charge < -0.3 is 4.42 Å². The van der Waals surface area contributed by atoms with Gasteiger partial charge in [0.1, 0.15) is 16.9 Å². The first-order chi connectivity index (χ1) is 20.3. The minimum absolute atomic E-state index is 0.521. The van der Waals surface area contributed by atoms with Crippen LogP contribution in [0, 0.1) is 0 Å². The molecule has 5 heteroatoms. The van der Waals surface area contributed by atoms with E-state index in [0.29, 0.717) is 23.2 Å². The molecule has 0 aliphatic rings. The zero-order valence-electron chi connectivity index (χ0n) is 21.9. The summed E-state index contributed by atoms with van der Waals surface area (Å²) in [5.74, 6) is 1.68. The molecule has 0 N–H and O–H groups in total. The van der Waals surface area contributed by atoms with Gasteiger partial charge in [0.05, 0.1) is 0 Å². The number of benzene rings is 5.